The summed E-state index contributed by atoms with van der Waals surface area (Å²) in [5.41, 5.74) is 0.863. The van der Waals surface area contributed by atoms with Crippen molar-refractivity contribution in [3.05, 3.63) is 26.0 Å². The molecule has 0 amide bonds. The number of hydrogen-bond donors (Lipinski definition) is 0. The van der Waals surface area contributed by atoms with Crippen LogP contribution in [0.15, 0.2) is 21.7 Å². The van der Waals surface area contributed by atoms with Gasteiger partial charge in [-0.2, -0.15) is 0 Å². The number of hydrogen-bond acceptors (Lipinski definition) is 2. The number of nitrogens with zero attached hydrogens (tertiary/aromatic N) is 2. The zero-order chi connectivity index (χ0) is 10.8. The van der Waals surface area contributed by atoms with Gasteiger partial charge in [-0.05, 0) is 71.4 Å². The van der Waals surface area contributed by atoms with Crippen LogP contribution >= 0.6 is 38.5 Å². The molecule has 1 aromatic heterocycles. The number of aliphatic imine (C=N–C) groups is 1. The largest absolute Gasteiger partial charge is 0.285 e. The van der Waals surface area contributed by atoms with Gasteiger partial charge in [0, 0.05) is 9.78 Å². The molecule has 1 aromatic rings. The molecule has 0 aliphatic rings. The highest BCUT2D eigenvalue weighted by Gasteiger charge is 2.06. The lowest BCUT2D eigenvalue weighted by molar-refractivity contribution is 0.586. The fraction of sp³-hybridized carbons (Fsp3) is 0.400. The lowest BCUT2D eigenvalue weighted by atomic mass is 10.1. The monoisotopic (exact) mass is 366 g/mol. The predicted octanol–water partition coefficient (Wildman–Crippen LogP) is 3.67. The van der Waals surface area contributed by atoms with Crippen LogP contribution in [0.25, 0.3) is 0 Å². The Balaban J connectivity index is 2.97. The molecule has 0 saturated heterocycles. The number of halogens is 2. The molecule has 1 rings (SSSR count). The van der Waals surface area contributed by atoms with E-state index in [-0.39, 0.29) is 5.54 Å². The van der Waals surface area contributed by atoms with Crippen molar-refractivity contribution in [2.24, 2.45) is 4.99 Å². The summed E-state index contributed by atoms with van der Waals surface area (Å²) in [5.74, 6) is 0. The Morgan fingerprint density at radius 2 is 2.07 bits per heavy atom. The van der Waals surface area contributed by atoms with E-state index < -0.39 is 0 Å². The van der Waals surface area contributed by atoms with E-state index in [1.165, 1.54) is 0 Å². The Hall–Kier alpha value is 0.0300. The molecule has 76 valence electrons. The third-order valence-electron chi connectivity index (χ3n) is 1.41. The van der Waals surface area contributed by atoms with Crippen molar-refractivity contribution < 1.29 is 0 Å². The summed E-state index contributed by atoms with van der Waals surface area (Å²) in [6.07, 6.45) is 1.83. The van der Waals surface area contributed by atoms with Gasteiger partial charge >= 0.3 is 0 Å². The highest BCUT2D eigenvalue weighted by atomic mass is 127. The predicted molar refractivity (Wildman–Crippen MR) is 72.0 cm³/mol. The summed E-state index contributed by atoms with van der Waals surface area (Å²) in [4.78, 5) is 8.75. The summed E-state index contributed by atoms with van der Waals surface area (Å²) < 4.78 is 1.95. The van der Waals surface area contributed by atoms with Crippen LogP contribution < -0.4 is 0 Å². The minimum absolute atomic E-state index is 0.0485. The Morgan fingerprint density at radius 3 is 2.64 bits per heavy atom. The molecule has 14 heavy (non-hydrogen) atoms. The van der Waals surface area contributed by atoms with Crippen molar-refractivity contribution in [3.8, 4) is 0 Å². The average Bonchev–Trinajstić information content (AvgIpc) is 2.05. The van der Waals surface area contributed by atoms with Crippen molar-refractivity contribution in [2.45, 2.75) is 26.3 Å². The Kier molecular flexibility index (Phi) is 4.06. The lowest BCUT2D eigenvalue weighted by Gasteiger charge is -2.10. The van der Waals surface area contributed by atoms with Gasteiger partial charge in [-0.3, -0.25) is 4.99 Å². The molecule has 4 heteroatoms. The maximum atomic E-state index is 4.42. The van der Waals surface area contributed by atoms with Crippen LogP contribution in [0.4, 0.5) is 0 Å². The first-order valence-corrected chi connectivity index (χ1v) is 6.13. The zero-order valence-corrected chi connectivity index (χ0v) is 12.1. The van der Waals surface area contributed by atoms with E-state index in [1.54, 1.807) is 0 Å². The quantitative estimate of drug-likeness (QED) is 0.423. The first-order valence-electron chi connectivity index (χ1n) is 4.26. The maximum absolute atomic E-state index is 4.42. The molecule has 0 fully saturated rings. The summed E-state index contributed by atoms with van der Waals surface area (Å²) in [7, 11) is 0. The molecule has 0 N–H and O–H groups in total. The van der Waals surface area contributed by atoms with Crippen LogP contribution in [-0.2, 0) is 0 Å². The molecule has 0 unspecified atom stereocenters. The maximum Gasteiger partial charge on any atom is 0.106 e. The fourth-order valence-corrected chi connectivity index (χ4v) is 1.54. The Labute approximate surface area is 107 Å². The fourth-order valence-electron chi connectivity index (χ4n) is 0.778. The minimum Gasteiger partial charge on any atom is -0.285 e. The van der Waals surface area contributed by atoms with Gasteiger partial charge in [0.2, 0.25) is 0 Å². The van der Waals surface area contributed by atoms with Gasteiger partial charge < -0.3 is 0 Å². The highest BCUT2D eigenvalue weighted by molar-refractivity contribution is 14.1. The third kappa shape index (κ3) is 4.04. The van der Waals surface area contributed by atoms with Gasteiger partial charge in [0.25, 0.3) is 0 Å². The molecular weight excluding hydrogens is 355 g/mol. The highest BCUT2D eigenvalue weighted by Crippen LogP contribution is 2.14. The van der Waals surface area contributed by atoms with Crippen molar-refractivity contribution in [1.29, 1.82) is 0 Å². The summed E-state index contributed by atoms with van der Waals surface area (Å²) in [6.45, 7) is 6.19. The molecular formula is C10H12BrIN2. The summed E-state index contributed by atoms with van der Waals surface area (Å²) >= 11 is 5.59. The van der Waals surface area contributed by atoms with Gasteiger partial charge in [-0.25, -0.2) is 4.98 Å². The van der Waals surface area contributed by atoms with Gasteiger partial charge in [-0.1, -0.05) is 0 Å². The third-order valence-corrected chi connectivity index (χ3v) is 2.77. The number of rotatable bonds is 1. The van der Waals surface area contributed by atoms with Gasteiger partial charge in [0.1, 0.15) is 4.60 Å². The Bertz CT molecular complexity index is 356. The van der Waals surface area contributed by atoms with E-state index in [2.05, 4.69) is 69.3 Å². The molecule has 2 nitrogen and oxygen atoms in total. The first-order chi connectivity index (χ1) is 6.38. The van der Waals surface area contributed by atoms with E-state index in [0.29, 0.717) is 0 Å². The second-order valence-corrected chi connectivity index (χ2v) is 5.90. The average molecular weight is 367 g/mol. The van der Waals surface area contributed by atoms with Crippen molar-refractivity contribution in [3.63, 3.8) is 0 Å². The van der Waals surface area contributed by atoms with Crippen LogP contribution in [0, 0.1) is 3.57 Å². The molecule has 0 bridgehead atoms. The molecule has 0 radical (unpaired) electrons. The number of pyridine rings is 1. The van der Waals surface area contributed by atoms with E-state index in [1.807, 2.05) is 18.3 Å². The smallest absolute Gasteiger partial charge is 0.106 e. The van der Waals surface area contributed by atoms with E-state index in [4.69, 9.17) is 0 Å². The minimum atomic E-state index is -0.0485. The molecule has 1 heterocycles. The van der Waals surface area contributed by atoms with Crippen LogP contribution in [0.3, 0.4) is 0 Å². The van der Waals surface area contributed by atoms with E-state index in [0.717, 1.165) is 13.9 Å². The molecule has 0 saturated carbocycles. The molecule has 0 aromatic carbocycles. The van der Waals surface area contributed by atoms with E-state index >= 15 is 0 Å². The molecule has 0 spiro atoms. The summed E-state index contributed by atoms with van der Waals surface area (Å²) in [6, 6.07) is 3.94. The van der Waals surface area contributed by atoms with Crippen molar-refractivity contribution in [1.82, 2.24) is 4.98 Å². The summed E-state index contributed by atoms with van der Waals surface area (Å²) in [5, 5.41) is 0. The second kappa shape index (κ2) is 4.70. The standard InChI is InChI=1S/C10H12BrIN2/c1-10(2,3)13-6-8-7(12)4-5-9(11)14-8/h4-6H,1-3H3. The topological polar surface area (TPSA) is 25.2 Å². The first kappa shape index (κ1) is 12.1. The van der Waals surface area contributed by atoms with Crippen molar-refractivity contribution >= 4 is 44.7 Å². The van der Waals surface area contributed by atoms with Crippen LogP contribution in [-0.4, -0.2) is 16.7 Å². The van der Waals surface area contributed by atoms with Crippen LogP contribution in [0.5, 0.6) is 0 Å². The van der Waals surface area contributed by atoms with E-state index in [9.17, 15) is 0 Å². The molecule has 0 aliphatic carbocycles. The van der Waals surface area contributed by atoms with Gasteiger partial charge in [-0.15, -0.1) is 0 Å². The number of aromatic nitrogens is 1. The normalized spacial score (nSPS) is 12.4. The van der Waals surface area contributed by atoms with Crippen molar-refractivity contribution in [2.75, 3.05) is 0 Å². The lowest BCUT2D eigenvalue weighted by Crippen LogP contribution is -2.10. The molecule has 0 atom stereocenters. The SMILES string of the molecule is CC(C)(C)N=Cc1nc(Br)ccc1I. The van der Waals surface area contributed by atoms with Crippen LogP contribution in [0.1, 0.15) is 26.5 Å². The van der Waals surface area contributed by atoms with Crippen LogP contribution in [0.2, 0.25) is 0 Å². The van der Waals surface area contributed by atoms with Gasteiger partial charge in [0.05, 0.1) is 11.2 Å². The zero-order valence-electron chi connectivity index (χ0n) is 8.38. The second-order valence-electron chi connectivity index (χ2n) is 3.93. The Morgan fingerprint density at radius 1 is 1.43 bits per heavy atom. The van der Waals surface area contributed by atoms with Gasteiger partial charge in [0.15, 0.2) is 0 Å². The molecule has 0 aliphatic heterocycles.